The molecule has 0 saturated heterocycles. The van der Waals surface area contributed by atoms with E-state index in [1.54, 1.807) is 0 Å². The monoisotopic (exact) mass is 306 g/mol. The number of rotatable bonds is 11. The first kappa shape index (κ1) is 17.6. The van der Waals surface area contributed by atoms with Crippen molar-refractivity contribution in [2.45, 2.75) is 103 Å². The van der Waals surface area contributed by atoms with Crippen LogP contribution in [0.25, 0.3) is 0 Å². The molecule has 1 aliphatic rings. The smallest absolute Gasteiger partial charge is 0.135 e. The fourth-order valence-electron chi connectivity index (χ4n) is 3.47. The van der Waals surface area contributed by atoms with Crippen molar-refractivity contribution in [3.05, 3.63) is 23.7 Å². The van der Waals surface area contributed by atoms with Crippen molar-refractivity contribution in [2.24, 2.45) is 0 Å². The molecule has 0 spiro atoms. The highest BCUT2D eigenvalue weighted by Crippen LogP contribution is 2.35. The SMILES string of the molecule is CCCCCCCCC[C@@H]1Cc2ccoc2[C@H](CCCC)O1. The van der Waals surface area contributed by atoms with Crippen LogP contribution in [0.5, 0.6) is 0 Å². The van der Waals surface area contributed by atoms with E-state index in [0.717, 1.165) is 18.6 Å². The van der Waals surface area contributed by atoms with Crippen LogP contribution in [0.4, 0.5) is 0 Å². The van der Waals surface area contributed by atoms with Crippen molar-refractivity contribution in [3.63, 3.8) is 0 Å². The van der Waals surface area contributed by atoms with Crippen molar-refractivity contribution in [1.29, 1.82) is 0 Å². The van der Waals surface area contributed by atoms with Crippen LogP contribution >= 0.6 is 0 Å². The van der Waals surface area contributed by atoms with Crippen molar-refractivity contribution in [2.75, 3.05) is 0 Å². The first-order valence-electron chi connectivity index (χ1n) is 9.56. The summed E-state index contributed by atoms with van der Waals surface area (Å²) in [7, 11) is 0. The Morgan fingerprint density at radius 3 is 2.41 bits per heavy atom. The molecule has 126 valence electrons. The van der Waals surface area contributed by atoms with E-state index in [4.69, 9.17) is 9.15 Å². The summed E-state index contributed by atoms with van der Waals surface area (Å²) < 4.78 is 12.0. The summed E-state index contributed by atoms with van der Waals surface area (Å²) in [6.45, 7) is 4.52. The summed E-state index contributed by atoms with van der Waals surface area (Å²) in [5.74, 6) is 1.10. The van der Waals surface area contributed by atoms with E-state index in [9.17, 15) is 0 Å². The standard InChI is InChI=1S/C20H34O2/c1-3-5-7-8-9-10-11-12-18-16-17-14-15-21-20(17)19(22-18)13-6-4-2/h14-15,18-19H,3-13,16H2,1-2H3/t18-,19+/m1/s1. The molecule has 2 heteroatoms. The topological polar surface area (TPSA) is 22.4 Å². The maximum atomic E-state index is 6.32. The summed E-state index contributed by atoms with van der Waals surface area (Å²) >= 11 is 0. The minimum atomic E-state index is 0.202. The first-order chi connectivity index (χ1) is 10.8. The van der Waals surface area contributed by atoms with E-state index >= 15 is 0 Å². The van der Waals surface area contributed by atoms with Gasteiger partial charge in [0.1, 0.15) is 11.9 Å². The maximum Gasteiger partial charge on any atom is 0.135 e. The molecule has 0 aromatic carbocycles. The quantitative estimate of drug-likeness (QED) is 0.430. The Kier molecular flexibility index (Phi) is 8.07. The molecular formula is C20H34O2. The Hall–Kier alpha value is -0.760. The van der Waals surface area contributed by atoms with Gasteiger partial charge in [0.2, 0.25) is 0 Å². The summed E-state index contributed by atoms with van der Waals surface area (Å²) in [6.07, 6.45) is 17.9. The largest absolute Gasteiger partial charge is 0.466 e. The average molecular weight is 306 g/mol. The van der Waals surface area contributed by atoms with E-state index in [1.807, 2.05) is 6.26 Å². The molecule has 0 amide bonds. The molecule has 2 atom stereocenters. The maximum absolute atomic E-state index is 6.32. The Bertz CT molecular complexity index is 396. The fraction of sp³-hybridized carbons (Fsp3) is 0.800. The molecule has 0 unspecified atom stereocenters. The highest BCUT2D eigenvalue weighted by atomic mass is 16.5. The minimum absolute atomic E-state index is 0.202. The fourth-order valence-corrected chi connectivity index (χ4v) is 3.47. The third-order valence-corrected chi connectivity index (χ3v) is 4.83. The second-order valence-corrected chi connectivity index (χ2v) is 6.81. The second-order valence-electron chi connectivity index (χ2n) is 6.81. The lowest BCUT2D eigenvalue weighted by molar-refractivity contribution is -0.0468. The third-order valence-electron chi connectivity index (χ3n) is 4.83. The zero-order chi connectivity index (χ0) is 15.6. The predicted molar refractivity (Wildman–Crippen MR) is 92.2 cm³/mol. The molecule has 0 radical (unpaired) electrons. The van der Waals surface area contributed by atoms with E-state index in [0.29, 0.717) is 6.10 Å². The van der Waals surface area contributed by atoms with Crippen molar-refractivity contribution in [3.8, 4) is 0 Å². The van der Waals surface area contributed by atoms with Gasteiger partial charge >= 0.3 is 0 Å². The molecule has 1 aliphatic heterocycles. The minimum Gasteiger partial charge on any atom is -0.466 e. The van der Waals surface area contributed by atoms with Crippen LogP contribution in [0.3, 0.4) is 0 Å². The molecule has 0 fully saturated rings. The number of fused-ring (bicyclic) bond motifs is 1. The van der Waals surface area contributed by atoms with Crippen LogP contribution in [-0.4, -0.2) is 6.10 Å². The molecular weight excluding hydrogens is 272 g/mol. The lowest BCUT2D eigenvalue weighted by Gasteiger charge is -2.29. The van der Waals surface area contributed by atoms with Gasteiger partial charge in [-0.1, -0.05) is 71.6 Å². The highest BCUT2D eigenvalue weighted by molar-refractivity contribution is 5.22. The Labute approximate surface area is 136 Å². The Morgan fingerprint density at radius 1 is 0.909 bits per heavy atom. The molecule has 1 aromatic heterocycles. The van der Waals surface area contributed by atoms with Gasteiger partial charge in [-0.3, -0.25) is 0 Å². The van der Waals surface area contributed by atoms with Gasteiger partial charge in [0.15, 0.2) is 0 Å². The molecule has 0 bridgehead atoms. The number of ether oxygens (including phenoxy) is 1. The lowest BCUT2D eigenvalue weighted by atomic mass is 9.95. The average Bonchev–Trinajstić information content (AvgIpc) is 3.00. The summed E-state index contributed by atoms with van der Waals surface area (Å²) in [5, 5.41) is 0. The molecule has 1 aromatic rings. The van der Waals surface area contributed by atoms with Crippen LogP contribution in [0.1, 0.15) is 102 Å². The van der Waals surface area contributed by atoms with E-state index in [-0.39, 0.29) is 6.10 Å². The van der Waals surface area contributed by atoms with Gasteiger partial charge in [-0.05, 0) is 24.5 Å². The van der Waals surface area contributed by atoms with E-state index < -0.39 is 0 Å². The van der Waals surface area contributed by atoms with Gasteiger partial charge in [-0.2, -0.15) is 0 Å². The molecule has 22 heavy (non-hydrogen) atoms. The second kappa shape index (κ2) is 10.1. The van der Waals surface area contributed by atoms with Gasteiger partial charge in [0.05, 0.1) is 12.4 Å². The molecule has 2 heterocycles. The van der Waals surface area contributed by atoms with Crippen molar-refractivity contribution in [1.82, 2.24) is 0 Å². The summed E-state index contributed by atoms with van der Waals surface area (Å²) in [4.78, 5) is 0. The van der Waals surface area contributed by atoms with Gasteiger partial charge < -0.3 is 9.15 Å². The van der Waals surface area contributed by atoms with Gasteiger partial charge in [0.25, 0.3) is 0 Å². The number of furan rings is 1. The molecule has 2 rings (SSSR count). The van der Waals surface area contributed by atoms with Crippen LogP contribution in [0.2, 0.25) is 0 Å². The highest BCUT2D eigenvalue weighted by Gasteiger charge is 2.29. The Morgan fingerprint density at radius 2 is 1.64 bits per heavy atom. The van der Waals surface area contributed by atoms with Gasteiger partial charge in [-0.15, -0.1) is 0 Å². The normalized spacial score (nSPS) is 21.0. The van der Waals surface area contributed by atoms with Gasteiger partial charge in [-0.25, -0.2) is 0 Å². The number of unbranched alkanes of at least 4 members (excludes halogenated alkanes) is 7. The molecule has 0 N–H and O–H groups in total. The first-order valence-corrected chi connectivity index (χ1v) is 9.56. The lowest BCUT2D eigenvalue weighted by Crippen LogP contribution is -2.25. The van der Waals surface area contributed by atoms with E-state index in [1.165, 1.54) is 69.8 Å². The summed E-state index contributed by atoms with van der Waals surface area (Å²) in [5.41, 5.74) is 1.39. The molecule has 0 aliphatic carbocycles. The van der Waals surface area contributed by atoms with Crippen molar-refractivity contribution >= 4 is 0 Å². The Balaban J connectivity index is 1.69. The zero-order valence-electron chi connectivity index (χ0n) is 14.6. The number of hydrogen-bond acceptors (Lipinski definition) is 2. The molecule has 2 nitrogen and oxygen atoms in total. The van der Waals surface area contributed by atoms with Crippen LogP contribution in [-0.2, 0) is 11.2 Å². The van der Waals surface area contributed by atoms with Gasteiger partial charge in [0, 0.05) is 6.42 Å². The van der Waals surface area contributed by atoms with Crippen LogP contribution < -0.4 is 0 Å². The number of hydrogen-bond donors (Lipinski definition) is 0. The third kappa shape index (κ3) is 5.46. The molecule has 0 saturated carbocycles. The summed E-state index contributed by atoms with van der Waals surface area (Å²) in [6, 6.07) is 2.15. The van der Waals surface area contributed by atoms with Crippen molar-refractivity contribution < 1.29 is 9.15 Å². The zero-order valence-corrected chi connectivity index (χ0v) is 14.6. The van der Waals surface area contributed by atoms with Crippen LogP contribution in [0, 0.1) is 0 Å². The van der Waals surface area contributed by atoms with Crippen LogP contribution in [0.15, 0.2) is 16.7 Å². The predicted octanol–water partition coefficient (Wildman–Crippen LogP) is 6.59. The van der Waals surface area contributed by atoms with E-state index in [2.05, 4.69) is 19.9 Å².